The number of hydrogen-bond acceptors (Lipinski definition) is 2. The van der Waals surface area contributed by atoms with Crippen LogP contribution in [0.15, 0.2) is 24.3 Å². The second-order valence-corrected chi connectivity index (χ2v) is 5.52. The number of carbonyl (C=O) groups is 2. The summed E-state index contributed by atoms with van der Waals surface area (Å²) in [7, 11) is 0. The zero-order valence-electron chi connectivity index (χ0n) is 12.1. The minimum absolute atomic E-state index is 0.149. The normalized spacial score (nSPS) is 14.3. The highest BCUT2D eigenvalue weighted by Gasteiger charge is 2.16. The summed E-state index contributed by atoms with van der Waals surface area (Å²) in [4.78, 5) is 22.4. The van der Waals surface area contributed by atoms with E-state index in [-0.39, 0.29) is 11.6 Å². The molecule has 0 bridgehead atoms. The number of carbonyl (C=O) groups excluding carboxylic acids is 1. The molecule has 1 aromatic rings. The van der Waals surface area contributed by atoms with E-state index >= 15 is 0 Å². The fourth-order valence-electron chi connectivity index (χ4n) is 2.41. The summed E-state index contributed by atoms with van der Waals surface area (Å²) >= 11 is 0. The molecule has 0 aromatic heterocycles. The van der Waals surface area contributed by atoms with E-state index in [0.29, 0.717) is 13.0 Å². The van der Waals surface area contributed by atoms with Gasteiger partial charge < -0.3 is 15.7 Å². The summed E-state index contributed by atoms with van der Waals surface area (Å²) in [5.41, 5.74) is 1.18. The van der Waals surface area contributed by atoms with Gasteiger partial charge in [-0.1, -0.05) is 31.4 Å². The van der Waals surface area contributed by atoms with Crippen molar-refractivity contribution in [2.75, 3.05) is 13.1 Å². The van der Waals surface area contributed by atoms with Crippen LogP contribution >= 0.6 is 0 Å². The molecule has 3 N–H and O–H groups in total. The van der Waals surface area contributed by atoms with Gasteiger partial charge in [0, 0.05) is 13.1 Å². The van der Waals surface area contributed by atoms with Crippen molar-refractivity contribution < 1.29 is 14.7 Å². The molecule has 2 amide bonds. The fraction of sp³-hybridized carbons (Fsp3) is 0.500. The van der Waals surface area contributed by atoms with Crippen LogP contribution in [0, 0.1) is 5.92 Å². The Balaban J connectivity index is 1.62. The molecule has 0 radical (unpaired) electrons. The van der Waals surface area contributed by atoms with Crippen LogP contribution in [0.4, 0.5) is 4.79 Å². The Morgan fingerprint density at radius 1 is 1.19 bits per heavy atom. The standard InChI is InChI=1S/C16H22N2O3/c19-15(20)14-6-2-5-13(11-14)8-10-18-16(21)17-9-7-12-3-1-4-12/h2,5-6,11-12H,1,3-4,7-10H2,(H,19,20)(H2,17,18,21). The largest absolute Gasteiger partial charge is 0.478 e. The van der Waals surface area contributed by atoms with Crippen molar-refractivity contribution in [3.05, 3.63) is 35.4 Å². The summed E-state index contributed by atoms with van der Waals surface area (Å²) in [5.74, 6) is -0.136. The highest BCUT2D eigenvalue weighted by atomic mass is 16.4. The average molecular weight is 290 g/mol. The Hall–Kier alpha value is -2.04. The van der Waals surface area contributed by atoms with Crippen LogP contribution in [0.5, 0.6) is 0 Å². The molecule has 1 aliphatic carbocycles. The molecular formula is C16H22N2O3. The molecule has 2 rings (SSSR count). The lowest BCUT2D eigenvalue weighted by Crippen LogP contribution is -2.37. The van der Waals surface area contributed by atoms with E-state index in [1.54, 1.807) is 18.2 Å². The van der Waals surface area contributed by atoms with Gasteiger partial charge >= 0.3 is 12.0 Å². The van der Waals surface area contributed by atoms with E-state index in [0.717, 1.165) is 24.4 Å². The number of amides is 2. The van der Waals surface area contributed by atoms with E-state index in [2.05, 4.69) is 10.6 Å². The van der Waals surface area contributed by atoms with Gasteiger partial charge in [0.05, 0.1) is 5.56 Å². The molecule has 1 saturated carbocycles. The predicted molar refractivity (Wildman–Crippen MR) is 80.5 cm³/mol. The lowest BCUT2D eigenvalue weighted by molar-refractivity contribution is 0.0696. The number of aromatic carboxylic acids is 1. The maximum atomic E-state index is 11.6. The summed E-state index contributed by atoms with van der Waals surface area (Å²) in [6.07, 6.45) is 5.60. The van der Waals surface area contributed by atoms with Crippen molar-refractivity contribution in [2.45, 2.75) is 32.1 Å². The van der Waals surface area contributed by atoms with Gasteiger partial charge in [-0.2, -0.15) is 0 Å². The van der Waals surface area contributed by atoms with E-state index < -0.39 is 5.97 Å². The first-order valence-electron chi connectivity index (χ1n) is 7.49. The number of carboxylic acids is 1. The summed E-state index contributed by atoms with van der Waals surface area (Å²) in [5, 5.41) is 14.6. The van der Waals surface area contributed by atoms with Gasteiger partial charge in [-0.25, -0.2) is 9.59 Å². The van der Waals surface area contributed by atoms with Gasteiger partial charge in [0.25, 0.3) is 0 Å². The molecule has 0 unspecified atom stereocenters. The van der Waals surface area contributed by atoms with Crippen molar-refractivity contribution in [3.63, 3.8) is 0 Å². The number of nitrogens with one attached hydrogen (secondary N) is 2. The maximum Gasteiger partial charge on any atom is 0.335 e. The topological polar surface area (TPSA) is 78.4 Å². The third-order valence-corrected chi connectivity index (χ3v) is 3.94. The molecule has 5 nitrogen and oxygen atoms in total. The van der Waals surface area contributed by atoms with Gasteiger partial charge in [0.1, 0.15) is 0 Å². The molecule has 0 heterocycles. The number of hydrogen-bond donors (Lipinski definition) is 3. The van der Waals surface area contributed by atoms with Crippen LogP contribution in [0.2, 0.25) is 0 Å². The molecule has 0 saturated heterocycles. The van der Waals surface area contributed by atoms with E-state index in [1.165, 1.54) is 19.3 Å². The first-order valence-corrected chi connectivity index (χ1v) is 7.49. The van der Waals surface area contributed by atoms with Crippen LogP contribution in [0.3, 0.4) is 0 Å². The number of rotatable bonds is 7. The number of urea groups is 1. The molecule has 1 aliphatic rings. The molecule has 114 valence electrons. The monoisotopic (exact) mass is 290 g/mol. The van der Waals surface area contributed by atoms with Crippen molar-refractivity contribution in [3.8, 4) is 0 Å². The third kappa shape index (κ3) is 5.10. The van der Waals surface area contributed by atoms with Gasteiger partial charge in [-0.05, 0) is 36.5 Å². The smallest absolute Gasteiger partial charge is 0.335 e. The van der Waals surface area contributed by atoms with Crippen LogP contribution < -0.4 is 10.6 Å². The second kappa shape index (κ2) is 7.67. The quantitative estimate of drug-likeness (QED) is 0.721. The molecule has 5 heteroatoms. The Bertz CT molecular complexity index is 498. The Kier molecular flexibility index (Phi) is 5.60. The van der Waals surface area contributed by atoms with Crippen LogP contribution in [-0.2, 0) is 6.42 Å². The molecule has 0 spiro atoms. The lowest BCUT2D eigenvalue weighted by Gasteiger charge is -2.25. The molecule has 0 aliphatic heterocycles. The van der Waals surface area contributed by atoms with Crippen molar-refractivity contribution in [2.24, 2.45) is 5.92 Å². The van der Waals surface area contributed by atoms with Crippen LogP contribution in [0.1, 0.15) is 41.6 Å². The molecular weight excluding hydrogens is 268 g/mol. The van der Waals surface area contributed by atoms with Crippen molar-refractivity contribution >= 4 is 12.0 Å². The van der Waals surface area contributed by atoms with Gasteiger partial charge in [-0.3, -0.25) is 0 Å². The van der Waals surface area contributed by atoms with Crippen LogP contribution in [-0.4, -0.2) is 30.2 Å². The molecule has 21 heavy (non-hydrogen) atoms. The second-order valence-electron chi connectivity index (χ2n) is 5.52. The third-order valence-electron chi connectivity index (χ3n) is 3.94. The van der Waals surface area contributed by atoms with Crippen LogP contribution in [0.25, 0.3) is 0 Å². The van der Waals surface area contributed by atoms with Crippen molar-refractivity contribution in [1.82, 2.24) is 10.6 Å². The summed E-state index contributed by atoms with van der Waals surface area (Å²) in [6, 6.07) is 6.63. The summed E-state index contributed by atoms with van der Waals surface area (Å²) in [6.45, 7) is 1.23. The maximum absolute atomic E-state index is 11.6. The molecule has 1 aromatic carbocycles. The number of benzene rings is 1. The van der Waals surface area contributed by atoms with Gasteiger partial charge in [0.15, 0.2) is 0 Å². The minimum Gasteiger partial charge on any atom is -0.478 e. The number of carboxylic acid groups (broad SMARTS) is 1. The zero-order chi connectivity index (χ0) is 15.1. The summed E-state index contributed by atoms with van der Waals surface area (Å²) < 4.78 is 0. The minimum atomic E-state index is -0.932. The van der Waals surface area contributed by atoms with E-state index in [9.17, 15) is 9.59 Å². The van der Waals surface area contributed by atoms with Crippen molar-refractivity contribution in [1.29, 1.82) is 0 Å². The zero-order valence-corrected chi connectivity index (χ0v) is 12.1. The lowest BCUT2D eigenvalue weighted by atomic mass is 9.83. The predicted octanol–water partition coefficient (Wildman–Crippen LogP) is 2.42. The average Bonchev–Trinajstić information content (AvgIpc) is 2.42. The highest BCUT2D eigenvalue weighted by molar-refractivity contribution is 5.87. The first kappa shape index (κ1) is 15.4. The molecule has 1 fully saturated rings. The Labute approximate surface area is 124 Å². The Morgan fingerprint density at radius 2 is 1.95 bits per heavy atom. The fourth-order valence-corrected chi connectivity index (χ4v) is 2.41. The Morgan fingerprint density at radius 3 is 2.62 bits per heavy atom. The van der Waals surface area contributed by atoms with E-state index in [1.807, 2.05) is 6.07 Å². The van der Waals surface area contributed by atoms with Gasteiger partial charge in [-0.15, -0.1) is 0 Å². The first-order chi connectivity index (χ1) is 10.1. The van der Waals surface area contributed by atoms with E-state index in [4.69, 9.17) is 5.11 Å². The SMILES string of the molecule is O=C(NCCc1cccc(C(=O)O)c1)NCCC1CCC1. The van der Waals surface area contributed by atoms with Gasteiger partial charge in [0.2, 0.25) is 0 Å². The molecule has 0 atom stereocenters. The highest BCUT2D eigenvalue weighted by Crippen LogP contribution is 2.28.